The second-order valence-corrected chi connectivity index (χ2v) is 10.5. The maximum absolute atomic E-state index is 2.89. The van der Waals surface area contributed by atoms with Crippen LogP contribution in [0.2, 0.25) is 0 Å². The van der Waals surface area contributed by atoms with Crippen LogP contribution in [0.4, 0.5) is 0 Å². The topological polar surface area (TPSA) is 6.48 Å². The predicted molar refractivity (Wildman–Crippen MR) is 116 cm³/mol. The molecule has 2 heteroatoms. The van der Waals surface area contributed by atoms with E-state index < -0.39 is 0 Å². The highest BCUT2D eigenvalue weighted by atomic mass is 15.2. The number of hydrogen-bond donors (Lipinski definition) is 0. The summed E-state index contributed by atoms with van der Waals surface area (Å²) in [5.74, 6) is 1.67. The van der Waals surface area contributed by atoms with Gasteiger partial charge in [-0.15, -0.1) is 0 Å². The van der Waals surface area contributed by atoms with E-state index in [2.05, 4.69) is 69.7 Å². The van der Waals surface area contributed by atoms with E-state index in [4.69, 9.17) is 0 Å². The van der Waals surface area contributed by atoms with Gasteiger partial charge in [0.25, 0.3) is 0 Å². The molecule has 0 aromatic carbocycles. The molecule has 0 aromatic heterocycles. The lowest BCUT2D eigenvalue weighted by atomic mass is 9.53. The number of nitrogens with zero attached hydrogens (tertiary/aromatic N) is 2. The Morgan fingerprint density at radius 2 is 1.89 bits per heavy atom. The van der Waals surface area contributed by atoms with Crippen molar-refractivity contribution in [3.63, 3.8) is 0 Å². The van der Waals surface area contributed by atoms with Crippen molar-refractivity contribution in [3.05, 3.63) is 34.9 Å². The molecule has 0 N–H and O–H groups in total. The summed E-state index contributed by atoms with van der Waals surface area (Å²) in [6.45, 7) is 17.4. The molecular formula is C25H40N2. The molecule has 4 rings (SSSR count). The van der Waals surface area contributed by atoms with Crippen molar-refractivity contribution in [2.24, 2.45) is 22.7 Å². The van der Waals surface area contributed by atoms with Crippen LogP contribution in [0.15, 0.2) is 34.9 Å². The van der Waals surface area contributed by atoms with E-state index >= 15 is 0 Å². The molecule has 3 fully saturated rings. The Balaban J connectivity index is 1.87. The summed E-state index contributed by atoms with van der Waals surface area (Å²) in [6.07, 6.45) is 12.7. The standard InChI is InChI=1S/C25H40N2/c1-18-7-9-19(2)20(3)25-17-27(15-22-10-11-22)21(4)24(25,5)13-14-26(6)16-23(25)12-8-18/h7-9,21-23H,10-17H2,1-6H3/b9-7?,18-8?,20-19+. The van der Waals surface area contributed by atoms with Gasteiger partial charge in [-0.3, -0.25) is 4.90 Å². The van der Waals surface area contributed by atoms with Crippen molar-refractivity contribution in [1.29, 1.82) is 0 Å². The summed E-state index contributed by atoms with van der Waals surface area (Å²) in [7, 11) is 2.35. The Bertz CT molecular complexity index is 682. The van der Waals surface area contributed by atoms with Crippen molar-refractivity contribution < 1.29 is 0 Å². The Kier molecular flexibility index (Phi) is 4.96. The van der Waals surface area contributed by atoms with E-state index in [-0.39, 0.29) is 0 Å². The summed E-state index contributed by atoms with van der Waals surface area (Å²) >= 11 is 0. The van der Waals surface area contributed by atoms with E-state index in [1.165, 1.54) is 63.0 Å². The molecule has 2 nitrogen and oxygen atoms in total. The highest BCUT2D eigenvalue weighted by Gasteiger charge is 2.63. The normalized spacial score (nSPS) is 44.0. The minimum absolute atomic E-state index is 0.293. The number of likely N-dealkylation sites (tertiary alicyclic amines) is 2. The smallest absolute Gasteiger partial charge is 0.0154 e. The van der Waals surface area contributed by atoms with E-state index in [1.54, 1.807) is 5.57 Å². The summed E-state index contributed by atoms with van der Waals surface area (Å²) in [4.78, 5) is 5.51. The largest absolute Gasteiger partial charge is 0.306 e. The van der Waals surface area contributed by atoms with Crippen LogP contribution in [-0.4, -0.2) is 49.1 Å². The van der Waals surface area contributed by atoms with Crippen LogP contribution in [0.5, 0.6) is 0 Å². The minimum Gasteiger partial charge on any atom is -0.306 e. The van der Waals surface area contributed by atoms with Crippen molar-refractivity contribution in [1.82, 2.24) is 9.80 Å². The molecule has 0 amide bonds. The molecule has 2 aliphatic heterocycles. The molecular weight excluding hydrogens is 328 g/mol. The molecule has 2 aliphatic carbocycles. The molecule has 4 atom stereocenters. The first-order valence-corrected chi connectivity index (χ1v) is 11.2. The Morgan fingerprint density at radius 3 is 2.59 bits per heavy atom. The number of hydrogen-bond acceptors (Lipinski definition) is 2. The maximum atomic E-state index is 2.89. The van der Waals surface area contributed by atoms with Gasteiger partial charge in [-0.2, -0.15) is 0 Å². The lowest BCUT2D eigenvalue weighted by Crippen LogP contribution is -2.48. The van der Waals surface area contributed by atoms with Gasteiger partial charge in [0.15, 0.2) is 0 Å². The second-order valence-electron chi connectivity index (χ2n) is 10.5. The first-order valence-electron chi connectivity index (χ1n) is 11.2. The first-order chi connectivity index (χ1) is 12.8. The van der Waals surface area contributed by atoms with E-state index in [0.29, 0.717) is 22.8 Å². The van der Waals surface area contributed by atoms with Crippen molar-refractivity contribution in [2.45, 2.75) is 66.3 Å². The maximum Gasteiger partial charge on any atom is 0.0154 e. The van der Waals surface area contributed by atoms with Gasteiger partial charge in [0, 0.05) is 31.1 Å². The van der Waals surface area contributed by atoms with Gasteiger partial charge in [0.2, 0.25) is 0 Å². The highest BCUT2D eigenvalue weighted by molar-refractivity contribution is 5.38. The van der Waals surface area contributed by atoms with E-state index in [0.717, 1.165) is 5.92 Å². The monoisotopic (exact) mass is 368 g/mol. The van der Waals surface area contributed by atoms with Crippen LogP contribution < -0.4 is 0 Å². The zero-order valence-electron chi connectivity index (χ0n) is 18.5. The summed E-state index contributed by atoms with van der Waals surface area (Å²) in [5, 5.41) is 0. The fourth-order valence-corrected chi connectivity index (χ4v) is 6.60. The van der Waals surface area contributed by atoms with Gasteiger partial charge in [0.05, 0.1) is 0 Å². The van der Waals surface area contributed by atoms with Gasteiger partial charge < -0.3 is 4.90 Å². The minimum atomic E-state index is 0.293. The third kappa shape index (κ3) is 3.08. The Hall–Kier alpha value is -0.860. The molecule has 0 aromatic rings. The van der Waals surface area contributed by atoms with Crippen LogP contribution in [0, 0.1) is 22.7 Å². The third-order valence-electron chi connectivity index (χ3n) is 8.95. The number of allylic oxidation sites excluding steroid dienone is 5. The Morgan fingerprint density at radius 1 is 1.15 bits per heavy atom. The van der Waals surface area contributed by atoms with Gasteiger partial charge in [-0.05, 0) is 84.2 Å². The lowest BCUT2D eigenvalue weighted by Gasteiger charge is -2.50. The van der Waals surface area contributed by atoms with Gasteiger partial charge in [-0.25, -0.2) is 0 Å². The zero-order valence-corrected chi connectivity index (χ0v) is 18.5. The molecule has 4 aliphatic rings. The van der Waals surface area contributed by atoms with E-state index in [9.17, 15) is 0 Å². The molecule has 0 radical (unpaired) electrons. The third-order valence-corrected chi connectivity index (χ3v) is 8.95. The first kappa shape index (κ1) is 19.5. The average molecular weight is 369 g/mol. The fraction of sp³-hybridized carbons (Fsp3) is 0.760. The van der Waals surface area contributed by atoms with Crippen molar-refractivity contribution in [3.8, 4) is 0 Å². The highest BCUT2D eigenvalue weighted by Crippen LogP contribution is 2.63. The van der Waals surface area contributed by atoms with Crippen LogP contribution in [-0.2, 0) is 0 Å². The van der Waals surface area contributed by atoms with Crippen LogP contribution >= 0.6 is 0 Å². The molecule has 2 heterocycles. The van der Waals surface area contributed by atoms with Crippen LogP contribution in [0.1, 0.15) is 60.3 Å². The van der Waals surface area contributed by atoms with Gasteiger partial charge >= 0.3 is 0 Å². The molecule has 4 unspecified atom stereocenters. The number of rotatable bonds is 2. The van der Waals surface area contributed by atoms with Crippen LogP contribution in [0.25, 0.3) is 0 Å². The summed E-state index contributed by atoms with van der Waals surface area (Å²) in [6, 6.07) is 0.671. The van der Waals surface area contributed by atoms with Crippen LogP contribution in [0.3, 0.4) is 0 Å². The average Bonchev–Trinajstić information content (AvgIpc) is 3.43. The summed E-state index contributed by atoms with van der Waals surface area (Å²) < 4.78 is 0. The lowest BCUT2D eigenvalue weighted by molar-refractivity contribution is 0.0672. The predicted octanol–water partition coefficient (Wildman–Crippen LogP) is 5.29. The molecule has 150 valence electrons. The van der Waals surface area contributed by atoms with E-state index in [1.807, 2.05) is 0 Å². The van der Waals surface area contributed by atoms with Crippen molar-refractivity contribution >= 4 is 0 Å². The van der Waals surface area contributed by atoms with Gasteiger partial charge in [0.1, 0.15) is 0 Å². The molecule has 1 saturated carbocycles. The SMILES string of the molecule is CC1=CCC2CN(C)CCC3(C)C(C)N(CC4CC4)CC23/C(C)=C(\C)C=C1. The quantitative estimate of drug-likeness (QED) is 0.653. The van der Waals surface area contributed by atoms with Crippen molar-refractivity contribution in [2.75, 3.05) is 33.2 Å². The van der Waals surface area contributed by atoms with Gasteiger partial charge in [-0.1, -0.05) is 41.9 Å². The molecule has 27 heavy (non-hydrogen) atoms. The fourth-order valence-electron chi connectivity index (χ4n) is 6.60. The second kappa shape index (κ2) is 6.88. The zero-order chi connectivity index (χ0) is 19.4. The summed E-state index contributed by atoms with van der Waals surface area (Å²) in [5.41, 5.74) is 5.25. The molecule has 1 spiro atoms. The molecule has 2 saturated heterocycles. The Labute approximate surface area is 167 Å². The molecule has 0 bridgehead atoms.